The van der Waals surface area contributed by atoms with E-state index in [9.17, 15) is 0 Å². The van der Waals surface area contributed by atoms with Crippen LogP contribution in [-0.2, 0) is 0 Å². The molecule has 1 saturated carbocycles. The molecule has 0 aromatic carbocycles. The molecule has 1 aliphatic carbocycles. The lowest BCUT2D eigenvalue weighted by Gasteiger charge is -2.19. The Morgan fingerprint density at radius 3 is 2.40 bits per heavy atom. The van der Waals surface area contributed by atoms with Gasteiger partial charge in [-0.2, -0.15) is 0 Å². The Balaban J connectivity index is 2.25. The zero-order valence-electron chi connectivity index (χ0n) is 7.59. The standard InChI is InChI=1S/C9H19N/c1-5-8-6-9(8)7(2)10(3)4/h7-9H,5-6H2,1-4H3. The normalized spacial score (nSPS) is 34.5. The Labute approximate surface area is 64.4 Å². The van der Waals surface area contributed by atoms with Crippen molar-refractivity contribution in [2.24, 2.45) is 11.8 Å². The second-order valence-electron chi connectivity index (χ2n) is 3.77. The lowest BCUT2D eigenvalue weighted by atomic mass is 10.1. The first kappa shape index (κ1) is 8.06. The smallest absolute Gasteiger partial charge is 0.00918 e. The first-order chi connectivity index (χ1) is 4.66. The lowest BCUT2D eigenvalue weighted by Crippen LogP contribution is -2.27. The van der Waals surface area contributed by atoms with E-state index in [1.165, 1.54) is 12.8 Å². The van der Waals surface area contributed by atoms with Crippen molar-refractivity contribution in [3.63, 3.8) is 0 Å². The monoisotopic (exact) mass is 141 g/mol. The molecule has 3 unspecified atom stereocenters. The first-order valence-corrected chi connectivity index (χ1v) is 4.33. The summed E-state index contributed by atoms with van der Waals surface area (Å²) >= 11 is 0. The van der Waals surface area contributed by atoms with Crippen LogP contribution in [0.15, 0.2) is 0 Å². The molecule has 0 heterocycles. The average Bonchev–Trinajstić information content (AvgIpc) is 2.64. The maximum atomic E-state index is 2.33. The van der Waals surface area contributed by atoms with Crippen LogP contribution in [-0.4, -0.2) is 25.0 Å². The van der Waals surface area contributed by atoms with Gasteiger partial charge >= 0.3 is 0 Å². The largest absolute Gasteiger partial charge is 0.306 e. The van der Waals surface area contributed by atoms with E-state index in [1.807, 2.05) is 0 Å². The van der Waals surface area contributed by atoms with Gasteiger partial charge in [-0.3, -0.25) is 0 Å². The quantitative estimate of drug-likeness (QED) is 0.581. The highest BCUT2D eigenvalue weighted by Gasteiger charge is 2.39. The summed E-state index contributed by atoms with van der Waals surface area (Å²) in [5.41, 5.74) is 0. The lowest BCUT2D eigenvalue weighted by molar-refractivity contribution is 0.275. The third kappa shape index (κ3) is 1.51. The Morgan fingerprint density at radius 2 is 2.10 bits per heavy atom. The fourth-order valence-electron chi connectivity index (χ4n) is 1.71. The van der Waals surface area contributed by atoms with Gasteiger partial charge in [0.2, 0.25) is 0 Å². The second kappa shape index (κ2) is 2.91. The van der Waals surface area contributed by atoms with Crippen LogP contribution in [0.25, 0.3) is 0 Å². The van der Waals surface area contributed by atoms with E-state index < -0.39 is 0 Å². The van der Waals surface area contributed by atoms with Crippen molar-refractivity contribution in [1.82, 2.24) is 4.90 Å². The number of hydrogen-bond acceptors (Lipinski definition) is 1. The zero-order chi connectivity index (χ0) is 7.72. The van der Waals surface area contributed by atoms with E-state index in [0.29, 0.717) is 0 Å². The summed E-state index contributed by atoms with van der Waals surface area (Å²) in [5.74, 6) is 2.04. The Kier molecular flexibility index (Phi) is 2.35. The summed E-state index contributed by atoms with van der Waals surface area (Å²) in [6, 6.07) is 0.796. The predicted octanol–water partition coefficient (Wildman–Crippen LogP) is 1.98. The average molecular weight is 141 g/mol. The first-order valence-electron chi connectivity index (χ1n) is 4.33. The minimum Gasteiger partial charge on any atom is -0.306 e. The summed E-state index contributed by atoms with van der Waals surface area (Å²) in [4.78, 5) is 2.33. The van der Waals surface area contributed by atoms with E-state index in [-0.39, 0.29) is 0 Å². The highest BCUT2D eigenvalue weighted by molar-refractivity contribution is 4.91. The van der Waals surface area contributed by atoms with Crippen LogP contribution >= 0.6 is 0 Å². The molecule has 0 amide bonds. The molecule has 1 fully saturated rings. The Morgan fingerprint density at radius 1 is 1.50 bits per heavy atom. The molecule has 0 saturated heterocycles. The van der Waals surface area contributed by atoms with Gasteiger partial charge in [0.1, 0.15) is 0 Å². The van der Waals surface area contributed by atoms with Crippen LogP contribution in [0.2, 0.25) is 0 Å². The van der Waals surface area contributed by atoms with Crippen molar-refractivity contribution in [3.8, 4) is 0 Å². The van der Waals surface area contributed by atoms with Crippen LogP contribution in [0.3, 0.4) is 0 Å². The molecule has 0 N–H and O–H groups in total. The molecule has 0 aromatic rings. The van der Waals surface area contributed by atoms with Gasteiger partial charge in [-0.15, -0.1) is 0 Å². The van der Waals surface area contributed by atoms with Gasteiger partial charge in [0.05, 0.1) is 0 Å². The van der Waals surface area contributed by atoms with Crippen LogP contribution in [0.5, 0.6) is 0 Å². The molecule has 1 rings (SSSR count). The van der Waals surface area contributed by atoms with Gasteiger partial charge in [0.25, 0.3) is 0 Å². The highest BCUT2D eigenvalue weighted by Crippen LogP contribution is 2.44. The summed E-state index contributed by atoms with van der Waals surface area (Å²) in [5, 5.41) is 0. The van der Waals surface area contributed by atoms with Crippen molar-refractivity contribution in [2.45, 2.75) is 32.7 Å². The topological polar surface area (TPSA) is 3.24 Å². The number of hydrogen-bond donors (Lipinski definition) is 0. The van der Waals surface area contributed by atoms with Crippen molar-refractivity contribution in [2.75, 3.05) is 14.1 Å². The molecular formula is C9H19N. The van der Waals surface area contributed by atoms with Crippen molar-refractivity contribution in [3.05, 3.63) is 0 Å². The van der Waals surface area contributed by atoms with Crippen LogP contribution in [0.1, 0.15) is 26.7 Å². The summed E-state index contributed by atoms with van der Waals surface area (Å²) in [7, 11) is 4.35. The zero-order valence-corrected chi connectivity index (χ0v) is 7.59. The van der Waals surface area contributed by atoms with Crippen molar-refractivity contribution < 1.29 is 0 Å². The molecule has 1 heteroatoms. The molecular weight excluding hydrogens is 122 g/mol. The minimum atomic E-state index is 0.796. The van der Waals surface area contributed by atoms with Gasteiger partial charge in [-0.05, 0) is 39.3 Å². The molecule has 0 aliphatic heterocycles. The molecule has 1 nitrogen and oxygen atoms in total. The van der Waals surface area contributed by atoms with E-state index in [0.717, 1.165) is 17.9 Å². The van der Waals surface area contributed by atoms with Gasteiger partial charge < -0.3 is 4.90 Å². The van der Waals surface area contributed by atoms with E-state index >= 15 is 0 Å². The summed E-state index contributed by atoms with van der Waals surface area (Å²) in [6.45, 7) is 4.63. The molecule has 0 radical (unpaired) electrons. The maximum absolute atomic E-state index is 2.33. The van der Waals surface area contributed by atoms with Gasteiger partial charge in [-0.1, -0.05) is 13.3 Å². The van der Waals surface area contributed by atoms with Crippen LogP contribution in [0, 0.1) is 11.8 Å². The minimum absolute atomic E-state index is 0.796. The van der Waals surface area contributed by atoms with Gasteiger partial charge in [0, 0.05) is 6.04 Å². The van der Waals surface area contributed by atoms with Crippen molar-refractivity contribution >= 4 is 0 Å². The van der Waals surface area contributed by atoms with Gasteiger partial charge in [-0.25, -0.2) is 0 Å². The molecule has 0 bridgehead atoms. The fourth-order valence-corrected chi connectivity index (χ4v) is 1.71. The molecule has 0 spiro atoms. The third-order valence-corrected chi connectivity index (χ3v) is 2.94. The highest BCUT2D eigenvalue weighted by atomic mass is 15.1. The van der Waals surface area contributed by atoms with Crippen LogP contribution < -0.4 is 0 Å². The Hall–Kier alpha value is -0.0400. The fraction of sp³-hybridized carbons (Fsp3) is 1.00. The second-order valence-corrected chi connectivity index (χ2v) is 3.77. The van der Waals surface area contributed by atoms with E-state index in [2.05, 4.69) is 32.8 Å². The maximum Gasteiger partial charge on any atom is 0.00918 e. The van der Waals surface area contributed by atoms with E-state index in [4.69, 9.17) is 0 Å². The summed E-state index contributed by atoms with van der Waals surface area (Å²) < 4.78 is 0. The molecule has 10 heavy (non-hydrogen) atoms. The van der Waals surface area contributed by atoms with E-state index in [1.54, 1.807) is 0 Å². The number of nitrogens with zero attached hydrogens (tertiary/aromatic N) is 1. The predicted molar refractivity (Wildman–Crippen MR) is 45.0 cm³/mol. The Bertz CT molecular complexity index is 109. The van der Waals surface area contributed by atoms with Gasteiger partial charge in [0.15, 0.2) is 0 Å². The molecule has 3 atom stereocenters. The SMILES string of the molecule is CCC1CC1C(C)N(C)C. The van der Waals surface area contributed by atoms with Crippen LogP contribution in [0.4, 0.5) is 0 Å². The van der Waals surface area contributed by atoms with Crippen molar-refractivity contribution in [1.29, 1.82) is 0 Å². The summed E-state index contributed by atoms with van der Waals surface area (Å²) in [6.07, 6.45) is 2.85. The molecule has 60 valence electrons. The molecule has 1 aliphatic rings. The molecule has 0 aromatic heterocycles. The third-order valence-electron chi connectivity index (χ3n) is 2.94. The number of rotatable bonds is 3.